The van der Waals surface area contributed by atoms with Crippen molar-refractivity contribution in [3.05, 3.63) is 94.0 Å². The van der Waals surface area contributed by atoms with Crippen molar-refractivity contribution in [3.8, 4) is 33.9 Å². The van der Waals surface area contributed by atoms with E-state index in [4.69, 9.17) is 14.9 Å². The highest BCUT2D eigenvalue weighted by Crippen LogP contribution is 2.45. The van der Waals surface area contributed by atoms with Gasteiger partial charge in [-0.15, -0.1) is 0 Å². The first-order valence-electron chi connectivity index (χ1n) is 9.91. The van der Waals surface area contributed by atoms with Crippen molar-refractivity contribution in [1.82, 2.24) is 0 Å². The van der Waals surface area contributed by atoms with Gasteiger partial charge in [0.1, 0.15) is 0 Å². The molecule has 4 rings (SSSR count). The number of alkyl halides is 3. The molecule has 0 amide bonds. The number of hydrogen-bond donors (Lipinski definition) is 2. The van der Waals surface area contributed by atoms with Gasteiger partial charge in [0.25, 0.3) is 0 Å². The molecule has 0 saturated heterocycles. The number of carbonyl (C=O) groups excluding carboxylic acids is 1. The molecule has 8 nitrogen and oxygen atoms in total. The van der Waals surface area contributed by atoms with Crippen LogP contribution in [-0.4, -0.2) is 16.0 Å². The minimum absolute atomic E-state index is 0.0991. The van der Waals surface area contributed by atoms with E-state index in [9.17, 15) is 33.2 Å². The molecule has 11 heteroatoms. The smallest absolute Gasteiger partial charge is 0.416 e. The number of anilines is 1. The lowest BCUT2D eigenvalue weighted by Gasteiger charge is -2.10. The Bertz CT molecular complexity index is 1430. The van der Waals surface area contributed by atoms with Crippen molar-refractivity contribution >= 4 is 17.5 Å². The van der Waals surface area contributed by atoms with Gasteiger partial charge in [0.15, 0.2) is 11.5 Å². The van der Waals surface area contributed by atoms with Gasteiger partial charge in [-0.05, 0) is 29.8 Å². The van der Waals surface area contributed by atoms with Crippen LogP contribution in [0.25, 0.3) is 22.5 Å². The summed E-state index contributed by atoms with van der Waals surface area (Å²) in [6.45, 7) is 0. The molecule has 35 heavy (non-hydrogen) atoms. The van der Waals surface area contributed by atoms with E-state index in [0.717, 1.165) is 0 Å². The average Bonchev–Trinajstić information content (AvgIpc) is 3.12. The number of esters is 1. The number of nitro groups is 1. The Kier molecular flexibility index (Phi) is 5.91. The summed E-state index contributed by atoms with van der Waals surface area (Å²) in [5.41, 5.74) is 4.53. The molecular weight excluding hydrogens is 469 g/mol. The largest absolute Gasteiger partial charge is 0.504 e. The zero-order valence-electron chi connectivity index (χ0n) is 17.6. The SMILES string of the molecule is Nc1oc(-c2ccccc2)c(O)c1-c1cccc(C(=O)Oc2ccc(C(F)(F)F)cc2[N+](=O)[O-])c1. The summed E-state index contributed by atoms with van der Waals surface area (Å²) in [4.78, 5) is 22.8. The number of hydrogen-bond acceptors (Lipinski definition) is 7. The molecule has 0 atom stereocenters. The van der Waals surface area contributed by atoms with Gasteiger partial charge in [0.05, 0.1) is 21.6 Å². The van der Waals surface area contributed by atoms with E-state index in [1.165, 1.54) is 24.3 Å². The molecule has 0 fully saturated rings. The summed E-state index contributed by atoms with van der Waals surface area (Å²) >= 11 is 0. The molecule has 0 aliphatic rings. The number of rotatable bonds is 5. The third-order valence-electron chi connectivity index (χ3n) is 5.02. The Labute approximate surface area is 195 Å². The number of carbonyl (C=O) groups is 1. The summed E-state index contributed by atoms with van der Waals surface area (Å²) in [5.74, 6) is -2.00. The Balaban J connectivity index is 1.67. The second-order valence-corrected chi connectivity index (χ2v) is 7.29. The van der Waals surface area contributed by atoms with Gasteiger partial charge in [-0.1, -0.05) is 42.5 Å². The van der Waals surface area contributed by atoms with Gasteiger partial charge in [-0.2, -0.15) is 13.2 Å². The van der Waals surface area contributed by atoms with Crippen molar-refractivity contribution in [2.24, 2.45) is 0 Å². The van der Waals surface area contributed by atoms with E-state index in [2.05, 4.69) is 0 Å². The first-order valence-corrected chi connectivity index (χ1v) is 9.91. The fourth-order valence-electron chi connectivity index (χ4n) is 3.39. The van der Waals surface area contributed by atoms with Crippen LogP contribution in [0.2, 0.25) is 0 Å². The Morgan fingerprint density at radius 1 is 1.00 bits per heavy atom. The Morgan fingerprint density at radius 3 is 2.34 bits per heavy atom. The third-order valence-corrected chi connectivity index (χ3v) is 5.02. The molecule has 178 valence electrons. The van der Waals surface area contributed by atoms with Crippen LogP contribution in [0.5, 0.6) is 11.5 Å². The fourth-order valence-corrected chi connectivity index (χ4v) is 3.39. The van der Waals surface area contributed by atoms with Crippen LogP contribution >= 0.6 is 0 Å². The average molecular weight is 484 g/mol. The zero-order valence-corrected chi connectivity index (χ0v) is 17.6. The van der Waals surface area contributed by atoms with Crippen molar-refractivity contribution in [2.45, 2.75) is 6.18 Å². The molecule has 0 radical (unpaired) electrons. The molecule has 1 heterocycles. The van der Waals surface area contributed by atoms with Crippen LogP contribution in [0, 0.1) is 10.1 Å². The molecule has 0 aliphatic carbocycles. The van der Waals surface area contributed by atoms with Gasteiger partial charge in [0, 0.05) is 11.6 Å². The van der Waals surface area contributed by atoms with Gasteiger partial charge >= 0.3 is 17.8 Å². The lowest BCUT2D eigenvalue weighted by molar-refractivity contribution is -0.385. The Hall–Kier alpha value is -4.80. The minimum atomic E-state index is -4.81. The van der Waals surface area contributed by atoms with Crippen LogP contribution in [-0.2, 0) is 6.18 Å². The van der Waals surface area contributed by atoms with Crippen molar-refractivity contribution in [1.29, 1.82) is 0 Å². The van der Waals surface area contributed by atoms with Gasteiger partial charge in [-0.3, -0.25) is 10.1 Å². The summed E-state index contributed by atoms with van der Waals surface area (Å²) in [7, 11) is 0. The molecule has 3 N–H and O–H groups in total. The number of nitrogen functional groups attached to an aromatic ring is 1. The minimum Gasteiger partial charge on any atom is -0.504 e. The van der Waals surface area contributed by atoms with Crippen LogP contribution in [0.15, 0.2) is 77.2 Å². The zero-order chi connectivity index (χ0) is 25.3. The predicted molar refractivity (Wildman–Crippen MR) is 119 cm³/mol. The van der Waals surface area contributed by atoms with Gasteiger partial charge in [0.2, 0.25) is 11.6 Å². The Morgan fingerprint density at radius 2 is 1.69 bits per heavy atom. The molecule has 0 saturated carbocycles. The first-order chi connectivity index (χ1) is 16.6. The number of nitrogens with two attached hydrogens (primary N) is 1. The van der Waals surface area contributed by atoms with Crippen molar-refractivity contribution in [2.75, 3.05) is 5.73 Å². The van der Waals surface area contributed by atoms with E-state index in [1.807, 2.05) is 0 Å². The maximum absolute atomic E-state index is 12.9. The predicted octanol–water partition coefficient (Wildman–Crippen LogP) is 6.05. The van der Waals surface area contributed by atoms with Gasteiger partial charge in [-0.25, -0.2) is 4.79 Å². The maximum atomic E-state index is 12.9. The number of nitrogens with zero attached hydrogens (tertiary/aromatic N) is 1. The molecule has 4 aromatic rings. The number of ether oxygens (including phenoxy) is 1. The van der Waals surface area contributed by atoms with E-state index >= 15 is 0 Å². The molecule has 1 aromatic heterocycles. The maximum Gasteiger partial charge on any atom is 0.416 e. The second-order valence-electron chi connectivity index (χ2n) is 7.29. The second kappa shape index (κ2) is 8.86. The van der Waals surface area contributed by atoms with Crippen LogP contribution in [0.1, 0.15) is 15.9 Å². The summed E-state index contributed by atoms with van der Waals surface area (Å²) in [5, 5.41) is 22.0. The summed E-state index contributed by atoms with van der Waals surface area (Å²) in [6.07, 6.45) is -4.81. The number of nitro benzene ring substituents is 1. The third kappa shape index (κ3) is 4.64. The molecule has 3 aromatic carbocycles. The first kappa shape index (κ1) is 23.4. The standard InChI is InChI=1S/C24H15F3N2O6/c25-24(26,27)16-9-10-18(17(12-16)29(32)33)34-23(31)15-8-4-7-14(11-15)19-20(30)21(35-22(19)28)13-5-2-1-3-6-13/h1-12,30H,28H2. The van der Waals surface area contributed by atoms with Crippen LogP contribution < -0.4 is 10.5 Å². The summed E-state index contributed by atoms with van der Waals surface area (Å²) < 4.78 is 49.2. The van der Waals surface area contributed by atoms with Crippen LogP contribution in [0.4, 0.5) is 24.7 Å². The number of benzene rings is 3. The van der Waals surface area contributed by atoms with E-state index in [0.29, 0.717) is 17.7 Å². The van der Waals surface area contributed by atoms with Crippen molar-refractivity contribution < 1.29 is 37.1 Å². The molecular formula is C24H15F3N2O6. The summed E-state index contributed by atoms with van der Waals surface area (Å²) in [6, 6.07) is 15.8. The lowest BCUT2D eigenvalue weighted by atomic mass is 10.0. The van der Waals surface area contributed by atoms with E-state index in [-0.39, 0.29) is 40.2 Å². The van der Waals surface area contributed by atoms with Crippen LogP contribution in [0.3, 0.4) is 0 Å². The normalized spacial score (nSPS) is 11.3. The lowest BCUT2D eigenvalue weighted by Crippen LogP contribution is -2.11. The number of halogens is 3. The van der Waals surface area contributed by atoms with E-state index < -0.39 is 34.1 Å². The molecule has 0 bridgehead atoms. The molecule has 0 spiro atoms. The number of aromatic hydroxyl groups is 1. The monoisotopic (exact) mass is 484 g/mol. The topological polar surface area (TPSA) is 129 Å². The molecule has 0 unspecified atom stereocenters. The molecule has 0 aliphatic heterocycles. The van der Waals surface area contributed by atoms with Gasteiger partial charge < -0.3 is 20.0 Å². The van der Waals surface area contributed by atoms with Crippen molar-refractivity contribution in [3.63, 3.8) is 0 Å². The van der Waals surface area contributed by atoms with E-state index in [1.54, 1.807) is 30.3 Å². The highest BCUT2D eigenvalue weighted by Gasteiger charge is 2.34. The number of furan rings is 1. The highest BCUT2D eigenvalue weighted by molar-refractivity contribution is 5.95. The quantitative estimate of drug-likeness (QED) is 0.153. The fraction of sp³-hybridized carbons (Fsp3) is 0.0417. The highest BCUT2D eigenvalue weighted by atomic mass is 19.4.